The van der Waals surface area contributed by atoms with E-state index in [2.05, 4.69) is 38.8 Å². The molecule has 0 unspecified atom stereocenters. The predicted molar refractivity (Wildman–Crippen MR) is 126 cm³/mol. The smallest absolute Gasteiger partial charge is 0.227 e. The number of oxazole rings is 1. The zero-order valence-corrected chi connectivity index (χ0v) is 20.1. The van der Waals surface area contributed by atoms with Gasteiger partial charge in [-0.1, -0.05) is 44.5 Å². The van der Waals surface area contributed by atoms with Gasteiger partial charge in [-0.2, -0.15) is 0 Å². The molecular weight excluding hydrogens is 414 g/mol. The van der Waals surface area contributed by atoms with Crippen LogP contribution in [0.3, 0.4) is 0 Å². The van der Waals surface area contributed by atoms with Gasteiger partial charge in [0.25, 0.3) is 0 Å². The number of rotatable bonds is 6. The maximum atomic E-state index is 12.7. The van der Waals surface area contributed by atoms with Gasteiger partial charge in [0.05, 0.1) is 0 Å². The molecule has 0 N–H and O–H groups in total. The number of aromatic nitrogens is 1. The van der Waals surface area contributed by atoms with Crippen molar-refractivity contribution in [1.29, 1.82) is 0 Å². The van der Waals surface area contributed by atoms with E-state index in [1.165, 1.54) is 0 Å². The van der Waals surface area contributed by atoms with Gasteiger partial charge in [-0.25, -0.2) is 4.98 Å². The minimum atomic E-state index is -2.01. The lowest BCUT2D eigenvalue weighted by molar-refractivity contribution is -0.120. The summed E-state index contributed by atoms with van der Waals surface area (Å²) in [5.74, 6) is 0.460. The van der Waals surface area contributed by atoms with Crippen LogP contribution in [-0.4, -0.2) is 25.2 Å². The van der Waals surface area contributed by atoms with Crippen molar-refractivity contribution in [3.8, 4) is 11.5 Å². The third-order valence-electron chi connectivity index (χ3n) is 5.65. The topological polar surface area (TPSA) is 52.3 Å². The van der Waals surface area contributed by atoms with Gasteiger partial charge in [0.15, 0.2) is 19.7 Å². The Morgan fingerprint density at radius 3 is 2.47 bits per heavy atom. The Morgan fingerprint density at radius 1 is 1.17 bits per heavy atom. The highest BCUT2D eigenvalue weighted by atomic mass is 35.5. The molecule has 3 rings (SSSR count). The second-order valence-corrected chi connectivity index (χ2v) is 14.2. The summed E-state index contributed by atoms with van der Waals surface area (Å²) in [6.07, 6.45) is 2.87. The van der Waals surface area contributed by atoms with Crippen molar-refractivity contribution in [2.45, 2.75) is 51.9 Å². The molecule has 0 aliphatic rings. The van der Waals surface area contributed by atoms with Crippen molar-refractivity contribution in [1.82, 2.24) is 4.98 Å². The van der Waals surface area contributed by atoms with E-state index in [1.807, 2.05) is 37.3 Å². The van der Waals surface area contributed by atoms with Crippen LogP contribution >= 0.6 is 11.6 Å². The number of hydrogen-bond donors (Lipinski definition) is 0. The molecule has 0 amide bonds. The molecule has 0 fully saturated rings. The minimum Gasteiger partial charge on any atom is -0.436 e. The van der Waals surface area contributed by atoms with Crippen LogP contribution in [0.2, 0.25) is 23.2 Å². The molecule has 1 heterocycles. The first kappa shape index (κ1) is 22.5. The van der Waals surface area contributed by atoms with E-state index in [9.17, 15) is 4.79 Å². The Morgan fingerprint density at radius 2 is 1.83 bits per heavy atom. The molecule has 4 nitrogen and oxygen atoms in total. The molecule has 6 heteroatoms. The zero-order valence-electron chi connectivity index (χ0n) is 18.3. The van der Waals surface area contributed by atoms with Crippen LogP contribution in [-0.2, 0) is 9.22 Å². The number of fused-ring (bicyclic) bond motifs is 1. The Hall–Kier alpha value is -2.21. The number of para-hydroxylation sites is 1. The lowest BCUT2D eigenvalue weighted by Crippen LogP contribution is -2.44. The van der Waals surface area contributed by atoms with E-state index in [0.29, 0.717) is 22.0 Å². The van der Waals surface area contributed by atoms with Crippen LogP contribution in [0, 0.1) is 0 Å². The highest BCUT2D eigenvalue weighted by Gasteiger charge is 2.39. The van der Waals surface area contributed by atoms with Crippen molar-refractivity contribution in [3.63, 3.8) is 0 Å². The van der Waals surface area contributed by atoms with E-state index in [1.54, 1.807) is 24.3 Å². The fourth-order valence-electron chi connectivity index (χ4n) is 2.80. The first-order valence-corrected chi connectivity index (χ1v) is 13.3. The maximum Gasteiger partial charge on any atom is 0.227 e. The largest absolute Gasteiger partial charge is 0.436 e. The SMILES string of the molecule is C[C@H](O[Si](C)(C)C(C)(C)C)C(=O)C=Cc1cccc2oc(-c3ccc(Cl)cc3)nc12. The fraction of sp³-hybridized carbons (Fsp3) is 0.333. The molecule has 2 aromatic carbocycles. The maximum absolute atomic E-state index is 12.7. The number of carbonyl (C=O) groups is 1. The number of hydrogen-bond acceptors (Lipinski definition) is 4. The molecule has 0 saturated heterocycles. The Balaban J connectivity index is 1.82. The number of benzene rings is 2. The molecule has 0 radical (unpaired) electrons. The molecule has 0 bridgehead atoms. The van der Waals surface area contributed by atoms with E-state index >= 15 is 0 Å². The summed E-state index contributed by atoms with van der Waals surface area (Å²) >= 11 is 5.96. The summed E-state index contributed by atoms with van der Waals surface area (Å²) in [7, 11) is -2.01. The molecule has 1 aromatic heterocycles. The van der Waals surface area contributed by atoms with Gasteiger partial charge in [-0.3, -0.25) is 4.79 Å². The Kier molecular flexibility index (Phi) is 6.36. The highest BCUT2D eigenvalue weighted by molar-refractivity contribution is 6.74. The minimum absolute atomic E-state index is 0.0512. The van der Waals surface area contributed by atoms with Crippen LogP contribution in [0.25, 0.3) is 28.6 Å². The van der Waals surface area contributed by atoms with Crippen molar-refractivity contribution in [2.24, 2.45) is 0 Å². The molecule has 0 saturated carbocycles. The fourth-order valence-corrected chi connectivity index (χ4v) is 4.28. The van der Waals surface area contributed by atoms with Gasteiger partial charge in [0, 0.05) is 16.1 Å². The first-order valence-electron chi connectivity index (χ1n) is 10.0. The number of carbonyl (C=O) groups excluding carboxylic acids is 1. The van der Waals surface area contributed by atoms with E-state index in [4.69, 9.17) is 20.4 Å². The number of halogens is 1. The Labute approximate surface area is 184 Å². The van der Waals surface area contributed by atoms with Crippen molar-refractivity contribution in [3.05, 3.63) is 59.1 Å². The molecule has 0 aliphatic heterocycles. The third-order valence-corrected chi connectivity index (χ3v) is 10.5. The summed E-state index contributed by atoms with van der Waals surface area (Å²) in [6.45, 7) is 12.6. The zero-order chi connectivity index (χ0) is 22.1. The van der Waals surface area contributed by atoms with Crippen molar-refractivity contribution < 1.29 is 13.6 Å². The number of ketones is 1. The van der Waals surface area contributed by atoms with E-state index in [-0.39, 0.29) is 10.8 Å². The van der Waals surface area contributed by atoms with Gasteiger partial charge < -0.3 is 8.84 Å². The number of nitrogens with zero attached hydrogens (tertiary/aromatic N) is 1. The van der Waals surface area contributed by atoms with Crippen LogP contribution in [0.1, 0.15) is 33.3 Å². The molecule has 0 aliphatic carbocycles. The van der Waals surface area contributed by atoms with Crippen LogP contribution in [0.4, 0.5) is 0 Å². The van der Waals surface area contributed by atoms with E-state index < -0.39 is 14.4 Å². The third kappa shape index (κ3) is 4.91. The van der Waals surface area contributed by atoms with Crippen LogP contribution < -0.4 is 0 Å². The first-order chi connectivity index (χ1) is 14.0. The van der Waals surface area contributed by atoms with Gasteiger partial charge >= 0.3 is 0 Å². The second-order valence-electron chi connectivity index (χ2n) is 8.98. The monoisotopic (exact) mass is 441 g/mol. The average molecular weight is 442 g/mol. The van der Waals surface area contributed by atoms with Crippen LogP contribution in [0.5, 0.6) is 0 Å². The van der Waals surface area contributed by atoms with Gasteiger partial charge in [-0.15, -0.1) is 0 Å². The molecule has 158 valence electrons. The quantitative estimate of drug-likeness (QED) is 0.301. The van der Waals surface area contributed by atoms with Crippen molar-refractivity contribution >= 4 is 42.9 Å². The van der Waals surface area contributed by atoms with Gasteiger partial charge in [0.1, 0.15) is 11.6 Å². The average Bonchev–Trinajstić information content (AvgIpc) is 3.10. The molecule has 1 atom stereocenters. The lowest BCUT2D eigenvalue weighted by Gasteiger charge is -2.37. The van der Waals surface area contributed by atoms with Crippen LogP contribution in [0.15, 0.2) is 53.0 Å². The van der Waals surface area contributed by atoms with E-state index in [0.717, 1.165) is 11.1 Å². The second kappa shape index (κ2) is 8.50. The molecule has 0 spiro atoms. The highest BCUT2D eigenvalue weighted by Crippen LogP contribution is 2.37. The lowest BCUT2D eigenvalue weighted by atomic mass is 10.1. The molecule has 3 aromatic rings. The summed E-state index contributed by atoms with van der Waals surface area (Å²) in [5, 5.41) is 0.710. The molecular formula is C24H28ClNO3Si. The normalized spacial score (nSPS) is 13.8. The van der Waals surface area contributed by atoms with Gasteiger partial charge in [0.2, 0.25) is 5.89 Å². The molecule has 30 heavy (non-hydrogen) atoms. The summed E-state index contributed by atoms with van der Waals surface area (Å²) < 4.78 is 12.1. The predicted octanol–water partition coefficient (Wildman–Crippen LogP) is 7.14. The summed E-state index contributed by atoms with van der Waals surface area (Å²) in [6, 6.07) is 13.0. The van der Waals surface area contributed by atoms with Gasteiger partial charge in [-0.05, 0) is 67.5 Å². The Bertz CT molecular complexity index is 1080. The summed E-state index contributed by atoms with van der Waals surface area (Å²) in [5.41, 5.74) is 3.05. The summed E-state index contributed by atoms with van der Waals surface area (Å²) in [4.78, 5) is 17.3. The standard InChI is InChI=1S/C24H28ClNO3Si/c1-16(29-30(5,6)24(2,3)4)20(27)15-12-17-8-7-9-21-22(17)26-23(28-21)18-10-13-19(25)14-11-18/h7-16H,1-6H3/t16-/m0/s1. The van der Waals surface area contributed by atoms with Crippen molar-refractivity contribution in [2.75, 3.05) is 0 Å².